The molecule has 0 spiro atoms. The monoisotopic (exact) mass is 750 g/mol. The summed E-state index contributed by atoms with van der Waals surface area (Å²) in [7, 11) is 0. The van der Waals surface area contributed by atoms with E-state index < -0.39 is 23.8 Å². The Morgan fingerprint density at radius 1 is 1.03 bits per heavy atom. The van der Waals surface area contributed by atoms with Gasteiger partial charge in [-0.15, -0.1) is 0 Å². The maximum atomic E-state index is 11.9. The van der Waals surface area contributed by atoms with E-state index in [4.69, 9.17) is 10.5 Å². The van der Waals surface area contributed by atoms with Crippen LogP contribution in [-0.2, 0) is 20.8 Å². The molecule has 0 saturated heterocycles. The van der Waals surface area contributed by atoms with Gasteiger partial charge in [-0.2, -0.15) is 0 Å². The molecule has 0 unspecified atom stereocenters. The highest BCUT2D eigenvalue weighted by molar-refractivity contribution is 14.1. The van der Waals surface area contributed by atoms with Gasteiger partial charge >= 0.3 is 5.97 Å². The summed E-state index contributed by atoms with van der Waals surface area (Å²) >= 11 is 6.20. The van der Waals surface area contributed by atoms with Crippen LogP contribution < -0.4 is 15.8 Å². The first kappa shape index (κ1) is 24.9. The quantitative estimate of drug-likeness (QED) is 0.290. The molecule has 160 valence electrons. The Balaban J connectivity index is 2.15. The molecule has 0 bridgehead atoms. The summed E-state index contributed by atoms with van der Waals surface area (Å²) < 4.78 is 8.13. The van der Waals surface area contributed by atoms with E-state index in [1.165, 1.54) is 0 Å². The van der Waals surface area contributed by atoms with Crippen molar-refractivity contribution in [1.29, 1.82) is 0 Å². The van der Waals surface area contributed by atoms with Gasteiger partial charge < -0.3 is 26.0 Å². The van der Waals surface area contributed by atoms with Gasteiger partial charge in [0.1, 0.15) is 17.5 Å². The molecule has 0 aliphatic heterocycles. The van der Waals surface area contributed by atoms with Gasteiger partial charge in [0, 0.05) is 19.3 Å². The number of aromatic hydroxyl groups is 1. The number of aliphatic carboxylic acids is 1. The molecular formula is C19H17I3N2O6. The second kappa shape index (κ2) is 11.3. The Labute approximate surface area is 213 Å². The van der Waals surface area contributed by atoms with Crippen molar-refractivity contribution in [3.63, 3.8) is 0 Å². The van der Waals surface area contributed by atoms with Crippen molar-refractivity contribution in [3.8, 4) is 17.2 Å². The number of amides is 2. The SMILES string of the molecule is NC(=O)CCC(=O)N[C@@H](Cc1cc(I)c(Oc2ccc(O)c(I)c2)c(I)c1)C(=O)O. The van der Waals surface area contributed by atoms with Crippen LogP contribution in [0.1, 0.15) is 18.4 Å². The number of ether oxygens (including phenoxy) is 1. The lowest BCUT2D eigenvalue weighted by Gasteiger charge is -2.17. The van der Waals surface area contributed by atoms with Crippen LogP contribution >= 0.6 is 67.8 Å². The molecule has 0 aliphatic carbocycles. The molecule has 2 rings (SSSR count). The number of primary amides is 1. The lowest BCUT2D eigenvalue weighted by Crippen LogP contribution is -2.42. The van der Waals surface area contributed by atoms with E-state index in [1.807, 2.05) is 22.6 Å². The lowest BCUT2D eigenvalue weighted by atomic mass is 10.1. The number of phenolic OH excluding ortho intramolecular Hbond substituents is 1. The normalized spacial score (nSPS) is 11.6. The first-order valence-electron chi connectivity index (χ1n) is 8.51. The minimum Gasteiger partial charge on any atom is -0.507 e. The number of benzene rings is 2. The number of carbonyl (C=O) groups excluding carboxylic acids is 2. The van der Waals surface area contributed by atoms with Gasteiger partial charge in [-0.3, -0.25) is 9.59 Å². The second-order valence-corrected chi connectivity index (χ2v) is 9.72. The average Bonchev–Trinajstić information content (AvgIpc) is 2.65. The molecular weight excluding hydrogens is 733 g/mol. The zero-order valence-corrected chi connectivity index (χ0v) is 21.8. The van der Waals surface area contributed by atoms with Crippen molar-refractivity contribution in [2.75, 3.05) is 0 Å². The smallest absolute Gasteiger partial charge is 0.326 e. The van der Waals surface area contributed by atoms with Crippen LogP contribution in [0.5, 0.6) is 17.2 Å². The fourth-order valence-corrected chi connectivity index (χ4v) is 5.04. The molecule has 0 saturated carbocycles. The summed E-state index contributed by atoms with van der Waals surface area (Å²) in [6.07, 6.45) is -0.233. The number of nitrogens with two attached hydrogens (primary N) is 1. The van der Waals surface area contributed by atoms with Crippen molar-refractivity contribution < 1.29 is 29.3 Å². The number of hydrogen-bond donors (Lipinski definition) is 4. The maximum absolute atomic E-state index is 11.9. The van der Waals surface area contributed by atoms with E-state index in [0.717, 1.165) is 7.14 Å². The Morgan fingerprint density at radius 2 is 1.67 bits per heavy atom. The molecule has 2 aromatic carbocycles. The summed E-state index contributed by atoms with van der Waals surface area (Å²) in [4.78, 5) is 34.2. The van der Waals surface area contributed by atoms with E-state index >= 15 is 0 Å². The molecule has 0 aromatic heterocycles. The van der Waals surface area contributed by atoms with E-state index in [0.29, 0.717) is 20.6 Å². The lowest BCUT2D eigenvalue weighted by molar-refractivity contribution is -0.141. The third-order valence-corrected chi connectivity index (χ3v) is 6.34. The fourth-order valence-electron chi connectivity index (χ4n) is 2.44. The number of nitrogens with one attached hydrogen (secondary N) is 1. The first-order valence-corrected chi connectivity index (χ1v) is 11.7. The van der Waals surface area contributed by atoms with E-state index in [9.17, 15) is 24.6 Å². The standard InChI is InChI=1S/C19H17I3N2O6/c20-11-8-10(1-2-15(11)25)30-18-12(21)5-9(6-13(18)22)7-14(19(28)29)24-17(27)4-3-16(23)26/h1-2,5-6,8,14,25H,3-4,7H2,(H2,23,26)(H,24,27)(H,28,29)/t14-/m0/s1. The average molecular weight is 750 g/mol. The Hall–Kier alpha value is -1.36. The largest absolute Gasteiger partial charge is 0.507 e. The highest BCUT2D eigenvalue weighted by Gasteiger charge is 2.22. The molecule has 8 nitrogen and oxygen atoms in total. The van der Waals surface area contributed by atoms with Gasteiger partial charge in [-0.25, -0.2) is 4.79 Å². The summed E-state index contributed by atoms with van der Waals surface area (Å²) in [5, 5.41) is 21.5. The van der Waals surface area contributed by atoms with Crippen molar-refractivity contribution in [1.82, 2.24) is 5.32 Å². The number of carboxylic acid groups (broad SMARTS) is 1. The number of phenols is 1. The highest BCUT2D eigenvalue weighted by atomic mass is 127. The predicted octanol–water partition coefficient (Wildman–Crippen LogP) is 3.38. The summed E-state index contributed by atoms with van der Waals surface area (Å²) in [6.45, 7) is 0. The Morgan fingerprint density at radius 3 is 2.20 bits per heavy atom. The number of halogens is 3. The van der Waals surface area contributed by atoms with Crippen LogP contribution in [0.3, 0.4) is 0 Å². The van der Waals surface area contributed by atoms with Gasteiger partial charge in [0.15, 0.2) is 5.75 Å². The minimum absolute atomic E-state index is 0.0705. The topological polar surface area (TPSA) is 139 Å². The van der Waals surface area contributed by atoms with Gasteiger partial charge in [-0.05, 0) is 104 Å². The fraction of sp³-hybridized carbons (Fsp3) is 0.211. The molecule has 0 radical (unpaired) electrons. The van der Waals surface area contributed by atoms with Crippen LogP contribution in [0.2, 0.25) is 0 Å². The van der Waals surface area contributed by atoms with Crippen molar-refractivity contribution >= 4 is 85.6 Å². The van der Waals surface area contributed by atoms with Crippen molar-refractivity contribution in [3.05, 3.63) is 46.6 Å². The van der Waals surface area contributed by atoms with Gasteiger partial charge in [0.2, 0.25) is 11.8 Å². The second-order valence-electron chi connectivity index (χ2n) is 6.23. The van der Waals surface area contributed by atoms with Gasteiger partial charge in [-0.1, -0.05) is 0 Å². The van der Waals surface area contributed by atoms with Gasteiger partial charge in [0.05, 0.1) is 10.7 Å². The molecule has 0 aliphatic rings. The third-order valence-electron chi connectivity index (χ3n) is 3.87. The molecule has 11 heteroatoms. The van der Waals surface area contributed by atoms with Gasteiger partial charge in [0.25, 0.3) is 0 Å². The number of rotatable bonds is 9. The van der Waals surface area contributed by atoms with Crippen LogP contribution in [0, 0.1) is 10.7 Å². The Bertz CT molecular complexity index is 960. The van der Waals surface area contributed by atoms with E-state index in [2.05, 4.69) is 50.5 Å². The maximum Gasteiger partial charge on any atom is 0.326 e. The van der Waals surface area contributed by atoms with Crippen molar-refractivity contribution in [2.45, 2.75) is 25.3 Å². The zero-order chi connectivity index (χ0) is 22.4. The molecule has 1 atom stereocenters. The molecule has 0 fully saturated rings. The number of carbonyl (C=O) groups is 3. The van der Waals surface area contributed by atoms with Crippen LogP contribution in [0.25, 0.3) is 0 Å². The van der Waals surface area contributed by atoms with Crippen LogP contribution in [-0.4, -0.2) is 34.0 Å². The van der Waals surface area contributed by atoms with Crippen LogP contribution in [0.4, 0.5) is 0 Å². The van der Waals surface area contributed by atoms with E-state index in [-0.39, 0.29) is 25.0 Å². The summed E-state index contributed by atoms with van der Waals surface area (Å²) in [5.41, 5.74) is 5.72. The molecule has 5 N–H and O–H groups in total. The number of carboxylic acids is 1. The minimum atomic E-state index is -1.17. The molecule has 2 amide bonds. The molecule has 30 heavy (non-hydrogen) atoms. The van der Waals surface area contributed by atoms with E-state index in [1.54, 1.807) is 30.3 Å². The van der Waals surface area contributed by atoms with Crippen LogP contribution in [0.15, 0.2) is 30.3 Å². The highest BCUT2D eigenvalue weighted by Crippen LogP contribution is 2.35. The molecule has 2 aromatic rings. The Kier molecular flexibility index (Phi) is 9.39. The van der Waals surface area contributed by atoms with Crippen molar-refractivity contribution in [2.24, 2.45) is 5.73 Å². The molecule has 0 heterocycles. The zero-order valence-electron chi connectivity index (χ0n) is 15.3. The number of hydrogen-bond acceptors (Lipinski definition) is 5. The summed E-state index contributed by atoms with van der Waals surface area (Å²) in [5.74, 6) is -1.01. The first-order chi connectivity index (χ1) is 14.1. The third kappa shape index (κ3) is 7.40. The summed E-state index contributed by atoms with van der Waals surface area (Å²) in [6, 6.07) is 7.34. The predicted molar refractivity (Wildman–Crippen MR) is 134 cm³/mol.